The fourth-order valence-corrected chi connectivity index (χ4v) is 1.84. The van der Waals surface area contributed by atoms with Crippen LogP contribution in [0.15, 0.2) is 18.2 Å². The monoisotopic (exact) mass is 291 g/mol. The molecule has 0 aliphatic rings. The molecule has 0 aliphatic carbocycles. The van der Waals surface area contributed by atoms with Crippen LogP contribution >= 0.6 is 0 Å². The number of H-pyrrole nitrogens is 1. The van der Waals surface area contributed by atoms with Gasteiger partial charge in [0.15, 0.2) is 11.6 Å². The number of ether oxygens (including phenoxy) is 1. The summed E-state index contributed by atoms with van der Waals surface area (Å²) in [6, 6.07) is 4.30. The molecule has 1 atom stereocenters. The zero-order chi connectivity index (χ0) is 15.6. The van der Waals surface area contributed by atoms with Gasteiger partial charge in [0, 0.05) is 11.6 Å². The van der Waals surface area contributed by atoms with E-state index in [2.05, 4.69) is 15.2 Å². The van der Waals surface area contributed by atoms with Crippen molar-refractivity contribution in [3.05, 3.63) is 34.1 Å². The van der Waals surface area contributed by atoms with E-state index in [0.717, 1.165) is 0 Å². The van der Waals surface area contributed by atoms with Crippen molar-refractivity contribution in [1.29, 1.82) is 0 Å². The average Bonchev–Trinajstić information content (AvgIpc) is 2.95. The summed E-state index contributed by atoms with van der Waals surface area (Å²) in [6.07, 6.45) is 0. The Kier molecular flexibility index (Phi) is 4.18. The molecular formula is C13H17N5O3. The minimum Gasteiger partial charge on any atom is -0.490 e. The van der Waals surface area contributed by atoms with Crippen molar-refractivity contribution in [2.24, 2.45) is 11.7 Å². The van der Waals surface area contributed by atoms with E-state index in [1.165, 1.54) is 19.2 Å². The molecule has 0 aliphatic heterocycles. The molecule has 1 heterocycles. The van der Waals surface area contributed by atoms with E-state index in [-0.39, 0.29) is 23.4 Å². The van der Waals surface area contributed by atoms with E-state index in [1.54, 1.807) is 6.07 Å². The molecule has 0 amide bonds. The normalized spacial score (nSPS) is 12.4. The number of aromatic nitrogens is 3. The van der Waals surface area contributed by atoms with Gasteiger partial charge in [-0.05, 0) is 18.1 Å². The number of hydrogen-bond acceptors (Lipinski definition) is 6. The number of nitro groups is 1. The Bertz CT molecular complexity index is 653. The highest BCUT2D eigenvalue weighted by Crippen LogP contribution is 2.31. The summed E-state index contributed by atoms with van der Waals surface area (Å²) in [4.78, 5) is 14.8. The maximum Gasteiger partial charge on any atom is 0.311 e. The van der Waals surface area contributed by atoms with Crippen molar-refractivity contribution in [3.8, 4) is 17.1 Å². The Balaban J connectivity index is 2.39. The van der Waals surface area contributed by atoms with Gasteiger partial charge in [-0.2, -0.15) is 5.10 Å². The van der Waals surface area contributed by atoms with Gasteiger partial charge in [0.05, 0.1) is 18.1 Å². The molecule has 2 rings (SSSR count). The quantitative estimate of drug-likeness (QED) is 0.642. The zero-order valence-corrected chi connectivity index (χ0v) is 12.0. The number of nitrogens with two attached hydrogens (primary N) is 1. The topological polar surface area (TPSA) is 120 Å². The molecule has 0 fully saturated rings. The van der Waals surface area contributed by atoms with Crippen LogP contribution in [-0.2, 0) is 0 Å². The number of aromatic amines is 1. The standard InChI is InChI=1S/C13H17N5O3/c1-7(2)11(14)13-15-12(16-17-13)8-4-5-10(21-3)9(6-8)18(19)20/h4-7,11H,14H2,1-3H3,(H,15,16,17). The molecule has 112 valence electrons. The van der Waals surface area contributed by atoms with Crippen molar-refractivity contribution in [2.75, 3.05) is 7.11 Å². The van der Waals surface area contributed by atoms with Gasteiger partial charge in [-0.25, -0.2) is 4.98 Å². The largest absolute Gasteiger partial charge is 0.490 e. The molecule has 0 saturated carbocycles. The van der Waals surface area contributed by atoms with Crippen LogP contribution in [0.25, 0.3) is 11.4 Å². The summed E-state index contributed by atoms with van der Waals surface area (Å²) in [5.74, 6) is 1.32. The summed E-state index contributed by atoms with van der Waals surface area (Å²) >= 11 is 0. The molecule has 8 heteroatoms. The van der Waals surface area contributed by atoms with Gasteiger partial charge in [0.2, 0.25) is 0 Å². The number of nitrogens with one attached hydrogen (secondary N) is 1. The van der Waals surface area contributed by atoms with Crippen LogP contribution in [0.5, 0.6) is 5.75 Å². The van der Waals surface area contributed by atoms with E-state index < -0.39 is 4.92 Å². The Labute approximate surface area is 121 Å². The minimum absolute atomic E-state index is 0.130. The van der Waals surface area contributed by atoms with Gasteiger partial charge in [0.1, 0.15) is 5.82 Å². The van der Waals surface area contributed by atoms with Gasteiger partial charge in [0.25, 0.3) is 0 Å². The van der Waals surface area contributed by atoms with Crippen LogP contribution in [0.3, 0.4) is 0 Å². The first-order valence-corrected chi connectivity index (χ1v) is 6.44. The van der Waals surface area contributed by atoms with Crippen molar-refractivity contribution >= 4 is 5.69 Å². The molecule has 3 N–H and O–H groups in total. The van der Waals surface area contributed by atoms with Crippen LogP contribution in [0.4, 0.5) is 5.69 Å². The molecule has 1 aromatic heterocycles. The first-order valence-electron chi connectivity index (χ1n) is 6.44. The Morgan fingerprint density at radius 2 is 2.14 bits per heavy atom. The molecule has 8 nitrogen and oxygen atoms in total. The second-order valence-electron chi connectivity index (χ2n) is 4.96. The summed E-state index contributed by atoms with van der Waals surface area (Å²) in [7, 11) is 1.38. The number of nitro benzene ring substituents is 1. The molecule has 21 heavy (non-hydrogen) atoms. The van der Waals surface area contributed by atoms with Crippen LogP contribution in [0, 0.1) is 16.0 Å². The lowest BCUT2D eigenvalue weighted by Crippen LogP contribution is -2.18. The van der Waals surface area contributed by atoms with Crippen molar-refractivity contribution < 1.29 is 9.66 Å². The summed E-state index contributed by atoms with van der Waals surface area (Å²) in [5, 5.41) is 17.9. The predicted octanol–water partition coefficient (Wildman–Crippen LogP) is 2.04. The molecule has 0 radical (unpaired) electrons. The maximum absolute atomic E-state index is 11.0. The lowest BCUT2D eigenvalue weighted by Gasteiger charge is -2.11. The van der Waals surface area contributed by atoms with Gasteiger partial charge < -0.3 is 10.5 Å². The van der Waals surface area contributed by atoms with E-state index in [9.17, 15) is 10.1 Å². The highest BCUT2D eigenvalue weighted by molar-refractivity contribution is 5.63. The zero-order valence-electron chi connectivity index (χ0n) is 12.0. The van der Waals surface area contributed by atoms with Crippen LogP contribution in [0.2, 0.25) is 0 Å². The van der Waals surface area contributed by atoms with Gasteiger partial charge in [-0.3, -0.25) is 15.2 Å². The van der Waals surface area contributed by atoms with Gasteiger partial charge in [-0.1, -0.05) is 13.8 Å². The molecule has 1 aromatic carbocycles. The first-order chi connectivity index (χ1) is 9.93. The molecule has 2 aromatic rings. The third-order valence-electron chi connectivity index (χ3n) is 3.17. The molecule has 0 saturated heterocycles. The number of rotatable bonds is 5. The molecule has 0 bridgehead atoms. The van der Waals surface area contributed by atoms with Gasteiger partial charge in [-0.15, -0.1) is 0 Å². The van der Waals surface area contributed by atoms with Crippen LogP contribution in [0.1, 0.15) is 25.7 Å². The van der Waals surface area contributed by atoms with Crippen molar-refractivity contribution in [2.45, 2.75) is 19.9 Å². The van der Waals surface area contributed by atoms with E-state index >= 15 is 0 Å². The van der Waals surface area contributed by atoms with Crippen molar-refractivity contribution in [1.82, 2.24) is 15.2 Å². The van der Waals surface area contributed by atoms with Crippen molar-refractivity contribution in [3.63, 3.8) is 0 Å². The second kappa shape index (κ2) is 5.88. The predicted molar refractivity (Wildman–Crippen MR) is 76.8 cm³/mol. The first kappa shape index (κ1) is 14.9. The molecule has 0 spiro atoms. The van der Waals surface area contributed by atoms with Gasteiger partial charge >= 0.3 is 5.69 Å². The van der Waals surface area contributed by atoms with Crippen LogP contribution in [-0.4, -0.2) is 27.2 Å². The van der Waals surface area contributed by atoms with E-state index in [1.807, 2.05) is 13.8 Å². The van der Waals surface area contributed by atoms with E-state index in [0.29, 0.717) is 17.2 Å². The van der Waals surface area contributed by atoms with Crippen LogP contribution < -0.4 is 10.5 Å². The summed E-state index contributed by atoms with van der Waals surface area (Å²) in [6.45, 7) is 3.95. The average molecular weight is 291 g/mol. The number of benzene rings is 1. The third kappa shape index (κ3) is 3.00. The Hall–Kier alpha value is -2.48. The minimum atomic E-state index is -0.504. The molecule has 1 unspecified atom stereocenters. The highest BCUT2D eigenvalue weighted by atomic mass is 16.6. The number of nitrogens with zero attached hydrogens (tertiary/aromatic N) is 3. The summed E-state index contributed by atoms with van der Waals surface area (Å²) in [5.41, 5.74) is 6.39. The lowest BCUT2D eigenvalue weighted by molar-refractivity contribution is -0.385. The highest BCUT2D eigenvalue weighted by Gasteiger charge is 2.19. The third-order valence-corrected chi connectivity index (χ3v) is 3.17. The lowest BCUT2D eigenvalue weighted by atomic mass is 10.1. The maximum atomic E-state index is 11.0. The van der Waals surface area contributed by atoms with E-state index in [4.69, 9.17) is 10.5 Å². The number of hydrogen-bond donors (Lipinski definition) is 2. The summed E-state index contributed by atoms with van der Waals surface area (Å²) < 4.78 is 4.96. The second-order valence-corrected chi connectivity index (χ2v) is 4.96. The Morgan fingerprint density at radius 1 is 1.43 bits per heavy atom. The fourth-order valence-electron chi connectivity index (χ4n) is 1.84. The number of methoxy groups -OCH3 is 1. The SMILES string of the molecule is COc1ccc(-c2n[nH]c(C(N)C(C)C)n2)cc1[N+](=O)[O-]. The molecular weight excluding hydrogens is 274 g/mol. The smallest absolute Gasteiger partial charge is 0.311 e. The Morgan fingerprint density at radius 3 is 2.71 bits per heavy atom. The fraction of sp³-hybridized carbons (Fsp3) is 0.385.